The number of H-pyrrole nitrogens is 1. The highest BCUT2D eigenvalue weighted by atomic mass is 35.5. The molecule has 0 amide bonds. The number of allylic oxidation sites excluding steroid dienone is 2. The lowest BCUT2D eigenvalue weighted by Gasteiger charge is -2.32. The third-order valence-corrected chi connectivity index (χ3v) is 7.30. The zero-order valence-corrected chi connectivity index (χ0v) is 19.6. The smallest absolute Gasteiger partial charge is 0.257 e. The summed E-state index contributed by atoms with van der Waals surface area (Å²) in [5.41, 5.74) is 3.58. The second-order valence-corrected chi connectivity index (χ2v) is 9.38. The quantitative estimate of drug-likeness (QED) is 0.382. The number of thioether (sulfide) groups is 1. The predicted molar refractivity (Wildman–Crippen MR) is 130 cm³/mol. The van der Waals surface area contributed by atoms with Gasteiger partial charge in [0.2, 0.25) is 0 Å². The number of hydrogen-bond donors (Lipinski definition) is 2. The summed E-state index contributed by atoms with van der Waals surface area (Å²) in [6.45, 7) is 0. The van der Waals surface area contributed by atoms with Crippen LogP contribution in [0.2, 0.25) is 5.02 Å². The lowest BCUT2D eigenvalue weighted by atomic mass is 9.76. The summed E-state index contributed by atoms with van der Waals surface area (Å²) in [5.74, 6) is 1.42. The number of halogens is 1. The minimum atomic E-state index is -0.464. The van der Waals surface area contributed by atoms with E-state index in [9.17, 15) is 9.59 Å². The molecule has 1 aliphatic carbocycles. The normalized spacial score (nSPS) is 17.3. The van der Waals surface area contributed by atoms with Crippen molar-refractivity contribution in [1.82, 2.24) is 9.97 Å². The Kier molecular flexibility index (Phi) is 6.00. The van der Waals surface area contributed by atoms with E-state index < -0.39 is 5.92 Å². The van der Waals surface area contributed by atoms with Crippen molar-refractivity contribution in [2.45, 2.75) is 36.1 Å². The number of hydrogen-bond acceptors (Lipinski definition) is 6. The molecule has 2 aliphatic rings. The van der Waals surface area contributed by atoms with E-state index in [4.69, 9.17) is 21.3 Å². The van der Waals surface area contributed by atoms with Crippen molar-refractivity contribution >= 4 is 35.0 Å². The number of Topliss-reactive ketones (excluding diaryl/α,β-unsaturated/α-hetero) is 1. The number of anilines is 1. The maximum atomic E-state index is 13.3. The average Bonchev–Trinajstić information content (AvgIpc) is 2.82. The predicted octanol–water partition coefficient (Wildman–Crippen LogP) is 5.29. The van der Waals surface area contributed by atoms with Gasteiger partial charge in [0.1, 0.15) is 11.6 Å². The number of aromatic amines is 1. The molecule has 33 heavy (non-hydrogen) atoms. The Hall–Kier alpha value is -3.03. The number of aromatic nitrogens is 2. The zero-order valence-electron chi connectivity index (χ0n) is 18.0. The summed E-state index contributed by atoms with van der Waals surface area (Å²) in [7, 11) is 1.61. The lowest BCUT2D eigenvalue weighted by molar-refractivity contribution is -0.116. The first-order chi connectivity index (χ1) is 16.0. The summed E-state index contributed by atoms with van der Waals surface area (Å²) in [6, 6.07) is 15.1. The number of ketones is 1. The van der Waals surface area contributed by atoms with E-state index in [1.165, 1.54) is 11.8 Å². The van der Waals surface area contributed by atoms with Crippen molar-refractivity contribution < 1.29 is 9.53 Å². The van der Waals surface area contributed by atoms with Crippen LogP contribution < -0.4 is 15.6 Å². The fraction of sp³-hybridized carbons (Fsp3) is 0.240. The van der Waals surface area contributed by atoms with Crippen molar-refractivity contribution in [3.63, 3.8) is 0 Å². The van der Waals surface area contributed by atoms with Crippen LogP contribution in [0, 0.1) is 0 Å². The summed E-state index contributed by atoms with van der Waals surface area (Å²) in [4.78, 5) is 33.9. The van der Waals surface area contributed by atoms with E-state index >= 15 is 0 Å². The number of fused-ring (bicyclic) bond motifs is 1. The second kappa shape index (κ2) is 9.08. The maximum Gasteiger partial charge on any atom is 0.257 e. The SMILES string of the molecule is COc1ccc([C@H]2C3=C(CCCC3=O)Nc3nc(SCc4ccccc4Cl)[nH]c(=O)c32)cc1. The van der Waals surface area contributed by atoms with Crippen molar-refractivity contribution in [2.75, 3.05) is 12.4 Å². The highest BCUT2D eigenvalue weighted by molar-refractivity contribution is 7.98. The molecular weight excluding hydrogens is 458 g/mol. The van der Waals surface area contributed by atoms with Gasteiger partial charge in [-0.15, -0.1) is 0 Å². The van der Waals surface area contributed by atoms with Crippen LogP contribution in [0.5, 0.6) is 5.75 Å². The molecule has 8 heteroatoms. The largest absolute Gasteiger partial charge is 0.497 e. The van der Waals surface area contributed by atoms with Crippen LogP contribution >= 0.6 is 23.4 Å². The summed E-state index contributed by atoms with van der Waals surface area (Å²) < 4.78 is 5.28. The third kappa shape index (κ3) is 4.18. The van der Waals surface area contributed by atoms with Gasteiger partial charge < -0.3 is 15.0 Å². The Morgan fingerprint density at radius 2 is 1.91 bits per heavy atom. The molecule has 0 fully saturated rings. The number of carbonyl (C=O) groups excluding carboxylic acids is 1. The van der Waals surface area contributed by atoms with Gasteiger partial charge in [-0.25, -0.2) is 4.98 Å². The Morgan fingerprint density at radius 1 is 1.12 bits per heavy atom. The van der Waals surface area contributed by atoms with Gasteiger partial charge in [-0.1, -0.05) is 53.7 Å². The molecule has 0 bridgehead atoms. The fourth-order valence-electron chi connectivity index (χ4n) is 4.40. The molecule has 1 aliphatic heterocycles. The van der Waals surface area contributed by atoms with Crippen LogP contribution in [0.15, 0.2) is 69.8 Å². The molecule has 3 aromatic rings. The van der Waals surface area contributed by atoms with Crippen LogP contribution in [0.25, 0.3) is 0 Å². The highest BCUT2D eigenvalue weighted by Gasteiger charge is 2.37. The molecule has 1 atom stereocenters. The van der Waals surface area contributed by atoms with Crippen molar-refractivity contribution in [3.05, 3.63) is 91.9 Å². The molecule has 6 nitrogen and oxygen atoms in total. The van der Waals surface area contributed by atoms with Crippen LogP contribution in [-0.4, -0.2) is 22.9 Å². The molecule has 168 valence electrons. The molecule has 2 heterocycles. The number of nitrogens with zero attached hydrogens (tertiary/aromatic N) is 1. The van der Waals surface area contributed by atoms with Gasteiger partial charge in [0.05, 0.1) is 12.7 Å². The minimum absolute atomic E-state index is 0.0757. The molecule has 1 aromatic heterocycles. The topological polar surface area (TPSA) is 84.1 Å². The van der Waals surface area contributed by atoms with Crippen LogP contribution in [-0.2, 0) is 10.5 Å². The van der Waals surface area contributed by atoms with Gasteiger partial charge in [0.25, 0.3) is 5.56 Å². The molecule has 2 aromatic carbocycles. The number of methoxy groups -OCH3 is 1. The molecule has 0 spiro atoms. The molecule has 0 unspecified atom stereocenters. The minimum Gasteiger partial charge on any atom is -0.497 e. The van der Waals surface area contributed by atoms with Gasteiger partial charge in [-0.05, 0) is 42.2 Å². The van der Waals surface area contributed by atoms with Crippen LogP contribution in [0.4, 0.5) is 5.82 Å². The van der Waals surface area contributed by atoms with E-state index in [0.717, 1.165) is 35.4 Å². The van der Waals surface area contributed by atoms with Crippen molar-refractivity contribution in [3.8, 4) is 5.75 Å². The van der Waals surface area contributed by atoms with Gasteiger partial charge in [-0.2, -0.15) is 0 Å². The summed E-state index contributed by atoms with van der Waals surface area (Å²) >= 11 is 7.69. The number of carbonyl (C=O) groups is 1. The Morgan fingerprint density at radius 3 is 2.67 bits per heavy atom. The van der Waals surface area contributed by atoms with E-state index in [0.29, 0.717) is 39.3 Å². The monoisotopic (exact) mass is 479 g/mol. The van der Waals surface area contributed by atoms with Gasteiger partial charge in [-0.3, -0.25) is 9.59 Å². The number of nitrogens with one attached hydrogen (secondary N) is 2. The van der Waals surface area contributed by atoms with Crippen LogP contribution in [0.3, 0.4) is 0 Å². The Balaban J connectivity index is 1.56. The van der Waals surface area contributed by atoms with E-state index in [-0.39, 0.29) is 11.3 Å². The third-order valence-electron chi connectivity index (χ3n) is 6.01. The highest BCUT2D eigenvalue weighted by Crippen LogP contribution is 2.43. The molecule has 0 saturated heterocycles. The Labute approximate surface area is 200 Å². The van der Waals surface area contributed by atoms with Crippen molar-refractivity contribution in [1.29, 1.82) is 0 Å². The molecule has 0 saturated carbocycles. The molecule has 0 radical (unpaired) electrons. The second-order valence-electron chi connectivity index (χ2n) is 8.01. The average molecular weight is 480 g/mol. The van der Waals surface area contributed by atoms with Crippen LogP contribution in [0.1, 0.15) is 41.9 Å². The molecular formula is C25H22ClN3O3S. The fourth-order valence-corrected chi connectivity index (χ4v) is 5.55. The Bertz CT molecular complexity index is 1320. The first-order valence-corrected chi connectivity index (χ1v) is 12.1. The zero-order chi connectivity index (χ0) is 22.9. The van der Waals surface area contributed by atoms with Gasteiger partial charge in [0.15, 0.2) is 10.9 Å². The standard InChI is InChI=1S/C25H22ClN3O3S/c1-32-16-11-9-14(10-12-16)20-21-18(7-4-8-19(21)30)27-23-22(20)24(31)29-25(28-23)33-13-15-5-2-3-6-17(15)26/h2-3,5-6,9-12,20H,4,7-8,13H2,1H3,(H2,27,28,29,31)/t20-/m0/s1. The van der Waals surface area contributed by atoms with E-state index in [2.05, 4.69) is 10.3 Å². The number of benzene rings is 2. The first kappa shape index (κ1) is 21.8. The first-order valence-electron chi connectivity index (χ1n) is 10.7. The number of rotatable bonds is 5. The summed E-state index contributed by atoms with van der Waals surface area (Å²) in [6.07, 6.45) is 2.02. The van der Waals surface area contributed by atoms with Gasteiger partial charge >= 0.3 is 0 Å². The molecule has 2 N–H and O–H groups in total. The maximum absolute atomic E-state index is 13.3. The molecule has 5 rings (SSSR count). The lowest BCUT2D eigenvalue weighted by Crippen LogP contribution is -2.32. The van der Waals surface area contributed by atoms with E-state index in [1.54, 1.807) is 7.11 Å². The number of ether oxygens (including phenoxy) is 1. The van der Waals surface area contributed by atoms with Gasteiger partial charge in [0, 0.05) is 34.4 Å². The van der Waals surface area contributed by atoms with Crippen molar-refractivity contribution in [2.24, 2.45) is 0 Å². The van der Waals surface area contributed by atoms with E-state index in [1.807, 2.05) is 48.5 Å². The summed E-state index contributed by atoms with van der Waals surface area (Å²) in [5, 5.41) is 4.49.